The summed E-state index contributed by atoms with van der Waals surface area (Å²) in [4.78, 5) is 14.5. The number of anilines is 1. The number of Topliss-reactive ketones (excluding diaryl/α,β-unsaturated/α-hetero) is 1. The molecule has 0 amide bonds. The molecule has 13 heavy (non-hydrogen) atoms. The maximum Gasteiger partial charge on any atom is 0.171 e. The highest BCUT2D eigenvalue weighted by molar-refractivity contribution is 7.12. The monoisotopic (exact) mass is 195 g/mol. The summed E-state index contributed by atoms with van der Waals surface area (Å²) < 4.78 is 0. The molecule has 1 aromatic rings. The molecule has 3 heteroatoms. The highest BCUT2D eigenvalue weighted by atomic mass is 32.1. The van der Waals surface area contributed by atoms with Crippen molar-refractivity contribution >= 4 is 22.8 Å². The lowest BCUT2D eigenvalue weighted by molar-refractivity contribution is 0.102. The third kappa shape index (κ3) is 1.61. The Morgan fingerprint density at radius 1 is 1.46 bits per heavy atom. The molecule has 0 atom stereocenters. The summed E-state index contributed by atoms with van der Waals surface area (Å²) in [6.45, 7) is 3.86. The maximum atomic E-state index is 11.3. The molecule has 0 aromatic carbocycles. The Bertz CT molecular complexity index is 312. The second-order valence-corrected chi connectivity index (χ2v) is 4.30. The first kappa shape index (κ1) is 8.75. The van der Waals surface area contributed by atoms with E-state index in [4.69, 9.17) is 0 Å². The van der Waals surface area contributed by atoms with E-state index >= 15 is 0 Å². The largest absolute Gasteiger partial charge is 0.370 e. The lowest BCUT2D eigenvalue weighted by Gasteiger charge is -2.16. The fourth-order valence-electron chi connectivity index (χ4n) is 1.77. The van der Waals surface area contributed by atoms with Crippen LogP contribution in [0, 0.1) is 0 Å². The molecule has 1 saturated heterocycles. The second-order valence-electron chi connectivity index (χ2n) is 3.39. The van der Waals surface area contributed by atoms with E-state index in [0.717, 1.165) is 23.7 Å². The van der Waals surface area contributed by atoms with Gasteiger partial charge in [0.05, 0.1) is 10.6 Å². The highest BCUT2D eigenvalue weighted by Crippen LogP contribution is 2.29. The molecule has 0 saturated carbocycles. The van der Waals surface area contributed by atoms with Crippen LogP contribution in [0.2, 0.25) is 0 Å². The smallest absolute Gasteiger partial charge is 0.171 e. The average Bonchev–Trinajstić information content (AvgIpc) is 2.74. The van der Waals surface area contributed by atoms with Gasteiger partial charge >= 0.3 is 0 Å². The van der Waals surface area contributed by atoms with Gasteiger partial charge < -0.3 is 4.90 Å². The number of nitrogens with zero attached hydrogens (tertiary/aromatic N) is 1. The second kappa shape index (κ2) is 3.50. The minimum atomic E-state index is 0.192. The molecule has 1 aliphatic rings. The Morgan fingerprint density at radius 3 is 2.77 bits per heavy atom. The van der Waals surface area contributed by atoms with E-state index in [9.17, 15) is 4.79 Å². The van der Waals surface area contributed by atoms with Crippen molar-refractivity contribution in [2.24, 2.45) is 0 Å². The van der Waals surface area contributed by atoms with Crippen LogP contribution < -0.4 is 4.90 Å². The zero-order chi connectivity index (χ0) is 9.26. The van der Waals surface area contributed by atoms with Crippen molar-refractivity contribution in [3.63, 3.8) is 0 Å². The third-order valence-electron chi connectivity index (χ3n) is 2.41. The van der Waals surface area contributed by atoms with Gasteiger partial charge in [0.25, 0.3) is 0 Å². The summed E-state index contributed by atoms with van der Waals surface area (Å²) in [6.07, 6.45) is 2.51. The molecule has 2 rings (SSSR count). The summed E-state index contributed by atoms with van der Waals surface area (Å²) in [6, 6.07) is 2.06. The van der Waals surface area contributed by atoms with Gasteiger partial charge in [0.2, 0.25) is 0 Å². The Labute approximate surface area is 82.2 Å². The first-order chi connectivity index (χ1) is 6.29. The summed E-state index contributed by atoms with van der Waals surface area (Å²) in [7, 11) is 0. The lowest BCUT2D eigenvalue weighted by atomic mass is 10.3. The maximum absolute atomic E-state index is 11.3. The average molecular weight is 195 g/mol. The van der Waals surface area contributed by atoms with E-state index in [1.54, 1.807) is 18.3 Å². The van der Waals surface area contributed by atoms with Crippen LogP contribution in [0.25, 0.3) is 0 Å². The zero-order valence-electron chi connectivity index (χ0n) is 7.75. The van der Waals surface area contributed by atoms with Crippen molar-refractivity contribution in [2.45, 2.75) is 19.8 Å². The molecule has 2 nitrogen and oxygen atoms in total. The van der Waals surface area contributed by atoms with E-state index in [2.05, 4.69) is 11.0 Å². The van der Waals surface area contributed by atoms with Gasteiger partial charge in [-0.1, -0.05) is 0 Å². The Kier molecular flexibility index (Phi) is 2.36. The van der Waals surface area contributed by atoms with Gasteiger partial charge in [0.15, 0.2) is 5.78 Å². The van der Waals surface area contributed by atoms with Crippen molar-refractivity contribution in [1.29, 1.82) is 0 Å². The van der Waals surface area contributed by atoms with Crippen LogP contribution in [0.1, 0.15) is 29.4 Å². The summed E-state index contributed by atoms with van der Waals surface area (Å²) in [5.41, 5.74) is 1.15. The minimum Gasteiger partial charge on any atom is -0.370 e. The number of carbonyl (C=O) groups is 1. The highest BCUT2D eigenvalue weighted by Gasteiger charge is 2.18. The van der Waals surface area contributed by atoms with Gasteiger partial charge in [-0.25, -0.2) is 0 Å². The fraction of sp³-hybridized carbons (Fsp3) is 0.500. The molecule has 0 unspecified atom stereocenters. The molecular formula is C10H13NOS. The van der Waals surface area contributed by atoms with Crippen molar-refractivity contribution in [3.8, 4) is 0 Å². The Balaban J connectivity index is 2.28. The number of carbonyl (C=O) groups excluding carboxylic acids is 1. The zero-order valence-corrected chi connectivity index (χ0v) is 8.56. The van der Waals surface area contributed by atoms with Crippen LogP contribution in [-0.2, 0) is 0 Å². The van der Waals surface area contributed by atoms with Gasteiger partial charge in [-0.05, 0) is 24.3 Å². The predicted molar refractivity (Wildman–Crippen MR) is 55.8 cm³/mol. The molecule has 0 spiro atoms. The number of hydrogen-bond donors (Lipinski definition) is 0. The third-order valence-corrected chi connectivity index (χ3v) is 3.42. The lowest BCUT2D eigenvalue weighted by Crippen LogP contribution is -2.18. The van der Waals surface area contributed by atoms with Crippen LogP contribution >= 0.6 is 11.3 Å². The summed E-state index contributed by atoms with van der Waals surface area (Å²) >= 11 is 1.55. The number of ketones is 1. The molecule has 0 radical (unpaired) electrons. The molecule has 0 aliphatic carbocycles. The van der Waals surface area contributed by atoms with Crippen LogP contribution in [0.5, 0.6) is 0 Å². The van der Waals surface area contributed by atoms with Crippen molar-refractivity contribution in [1.82, 2.24) is 0 Å². The topological polar surface area (TPSA) is 20.3 Å². The van der Waals surface area contributed by atoms with Crippen LogP contribution in [0.3, 0.4) is 0 Å². The summed E-state index contributed by atoms with van der Waals surface area (Å²) in [5, 5.41) is 2.00. The molecular weight excluding hydrogens is 182 g/mol. The Morgan fingerprint density at radius 2 is 2.15 bits per heavy atom. The first-order valence-electron chi connectivity index (χ1n) is 4.62. The van der Waals surface area contributed by atoms with Crippen LogP contribution in [0.15, 0.2) is 11.4 Å². The van der Waals surface area contributed by atoms with E-state index in [1.807, 2.05) is 5.38 Å². The SMILES string of the molecule is CC(=O)c1sccc1N1CCCC1. The molecule has 1 aliphatic heterocycles. The van der Waals surface area contributed by atoms with Gasteiger partial charge in [0.1, 0.15) is 0 Å². The molecule has 0 bridgehead atoms. The van der Waals surface area contributed by atoms with Gasteiger partial charge in [-0.2, -0.15) is 0 Å². The number of thiophene rings is 1. The molecule has 1 fully saturated rings. The minimum absolute atomic E-state index is 0.192. The number of rotatable bonds is 2. The van der Waals surface area contributed by atoms with E-state index in [0.29, 0.717) is 0 Å². The molecule has 2 heterocycles. The van der Waals surface area contributed by atoms with Gasteiger partial charge in [-0.3, -0.25) is 4.79 Å². The van der Waals surface area contributed by atoms with Gasteiger partial charge in [-0.15, -0.1) is 11.3 Å². The summed E-state index contributed by atoms with van der Waals surface area (Å²) in [5.74, 6) is 0.192. The molecule has 70 valence electrons. The van der Waals surface area contributed by atoms with Gasteiger partial charge in [0, 0.05) is 20.0 Å². The first-order valence-corrected chi connectivity index (χ1v) is 5.50. The van der Waals surface area contributed by atoms with E-state index in [-0.39, 0.29) is 5.78 Å². The predicted octanol–water partition coefficient (Wildman–Crippen LogP) is 2.55. The molecule has 0 N–H and O–H groups in total. The van der Waals surface area contributed by atoms with Crippen molar-refractivity contribution < 1.29 is 4.79 Å². The van der Waals surface area contributed by atoms with Crippen molar-refractivity contribution in [2.75, 3.05) is 18.0 Å². The normalized spacial score (nSPS) is 16.5. The van der Waals surface area contributed by atoms with Crippen LogP contribution in [0.4, 0.5) is 5.69 Å². The Hall–Kier alpha value is -0.830. The van der Waals surface area contributed by atoms with E-state index < -0.39 is 0 Å². The van der Waals surface area contributed by atoms with E-state index in [1.165, 1.54) is 12.8 Å². The molecule has 1 aromatic heterocycles. The fourth-order valence-corrected chi connectivity index (χ4v) is 2.59. The standard InChI is InChI=1S/C10H13NOS/c1-8(12)10-9(4-7-13-10)11-5-2-3-6-11/h4,7H,2-3,5-6H2,1H3. The number of hydrogen-bond acceptors (Lipinski definition) is 3. The van der Waals surface area contributed by atoms with Crippen molar-refractivity contribution in [3.05, 3.63) is 16.3 Å². The van der Waals surface area contributed by atoms with Crippen LogP contribution in [-0.4, -0.2) is 18.9 Å². The quantitative estimate of drug-likeness (QED) is 0.676.